The van der Waals surface area contributed by atoms with E-state index in [1.165, 1.54) is 28.0 Å². The number of hydrogen-bond donors (Lipinski definition) is 4. The monoisotopic (exact) mass is 866 g/mol. The molecule has 3 aromatic rings. The quantitative estimate of drug-likeness (QED) is 0.105. The molecule has 19 heteroatoms. The Morgan fingerprint density at radius 1 is 0.839 bits per heavy atom. The van der Waals surface area contributed by atoms with E-state index < -0.39 is 58.7 Å². The number of primary amides is 1. The number of hydroxylamine groups is 1. The molecule has 6 rings (SSSR count). The number of alkyl halides is 3. The van der Waals surface area contributed by atoms with Gasteiger partial charge in [-0.05, 0) is 80.7 Å². The lowest BCUT2D eigenvalue weighted by atomic mass is 9.75. The Morgan fingerprint density at radius 3 is 2.10 bits per heavy atom. The molecule has 2 fully saturated rings. The van der Waals surface area contributed by atoms with E-state index in [0.717, 1.165) is 23.2 Å². The zero-order chi connectivity index (χ0) is 44.6. The summed E-state index contributed by atoms with van der Waals surface area (Å²) < 4.78 is 49.1. The number of anilines is 2. The number of fused-ring (bicyclic) bond motifs is 1. The molecule has 0 bridgehead atoms. The summed E-state index contributed by atoms with van der Waals surface area (Å²) in [6, 6.07) is 13.4. The van der Waals surface area contributed by atoms with Gasteiger partial charge >= 0.3 is 18.4 Å². The Kier molecular flexibility index (Phi) is 14.4. The van der Waals surface area contributed by atoms with Crippen LogP contribution in [-0.2, 0) is 31.8 Å². The van der Waals surface area contributed by atoms with Gasteiger partial charge in [0.2, 0.25) is 5.91 Å². The maximum Gasteiger partial charge on any atom is 0.435 e. The van der Waals surface area contributed by atoms with Crippen molar-refractivity contribution in [1.29, 1.82) is 0 Å². The Balaban J connectivity index is 0.906. The fourth-order valence-corrected chi connectivity index (χ4v) is 8.08. The summed E-state index contributed by atoms with van der Waals surface area (Å²) in [7, 11) is 0. The number of benzene rings is 2. The number of Topliss-reactive ketones (excluding diaryl/α,β-unsaturated/α-hetero) is 1. The number of carbonyl (C=O) groups is 6. The lowest BCUT2D eigenvalue weighted by Gasteiger charge is -2.35. The highest BCUT2D eigenvalue weighted by Gasteiger charge is 2.45. The summed E-state index contributed by atoms with van der Waals surface area (Å²) in [5.41, 5.74) is 7.18. The van der Waals surface area contributed by atoms with Crippen LogP contribution in [0.5, 0.6) is 0 Å². The average Bonchev–Trinajstić information content (AvgIpc) is 3.62. The highest BCUT2D eigenvalue weighted by molar-refractivity contribution is 6.01. The van der Waals surface area contributed by atoms with E-state index in [4.69, 9.17) is 15.3 Å². The molecule has 2 aliphatic carbocycles. The molecule has 1 saturated heterocycles. The number of amides is 5. The third-order valence-electron chi connectivity index (χ3n) is 11.3. The van der Waals surface area contributed by atoms with Gasteiger partial charge in [0.15, 0.2) is 11.5 Å². The predicted molar refractivity (Wildman–Crippen MR) is 220 cm³/mol. The molecular weight excluding hydrogens is 814 g/mol. The third kappa shape index (κ3) is 11.8. The molecule has 3 aliphatic rings. The van der Waals surface area contributed by atoms with Crippen LogP contribution < -0.4 is 21.8 Å². The first-order valence-corrected chi connectivity index (χ1v) is 21.0. The molecular formula is C43H53F3N8O8. The van der Waals surface area contributed by atoms with Crippen molar-refractivity contribution in [1.82, 2.24) is 25.1 Å². The van der Waals surface area contributed by atoms with Crippen LogP contribution in [0.3, 0.4) is 0 Å². The second-order valence-corrected chi connectivity index (χ2v) is 16.8. The standard InChI is InChI=1S/C43H53F3N8O8/c1-42(2)25-33-37(34(55)26-42)38(43(44,45)46)50-54(33)29-16-19-31(39(47)58)32(24-29)48-28-14-17-30(18-15-28)61-40(59)52-20-22-53(23-21-52)41(60)62-51-36(57)13-9-4-3-8-12-35(56)49-27-10-6-5-7-11-27/h5-7,10-11,16,19,24,28,30,48H,3-4,8-9,12-15,17-18,20-23,25-26H2,1-2H3,(H2,47,58)(H,49,56)(H,51,57). The molecule has 0 unspecified atom stereocenters. The van der Waals surface area contributed by atoms with Gasteiger partial charge in [0, 0.05) is 62.9 Å². The Labute approximate surface area is 357 Å². The predicted octanol–water partition coefficient (Wildman–Crippen LogP) is 6.77. The van der Waals surface area contributed by atoms with E-state index in [2.05, 4.69) is 21.2 Å². The molecule has 0 atom stereocenters. The van der Waals surface area contributed by atoms with Crippen molar-refractivity contribution in [3.8, 4) is 5.69 Å². The summed E-state index contributed by atoms with van der Waals surface area (Å²) in [4.78, 5) is 83.1. The van der Waals surface area contributed by atoms with Crippen molar-refractivity contribution in [3.05, 3.63) is 71.0 Å². The second kappa shape index (κ2) is 19.7. The molecule has 0 radical (unpaired) electrons. The van der Waals surface area contributed by atoms with Gasteiger partial charge in [-0.15, -0.1) is 0 Å². The maximum atomic E-state index is 14.1. The summed E-state index contributed by atoms with van der Waals surface area (Å²) in [5, 5.41) is 10.0. The first-order valence-electron chi connectivity index (χ1n) is 21.0. The normalized spacial score (nSPS) is 18.6. The summed E-state index contributed by atoms with van der Waals surface area (Å²) in [6.45, 7) is 4.36. The minimum atomic E-state index is -4.85. The number of carbonyl (C=O) groups excluding carboxylic acids is 6. The molecule has 2 heterocycles. The zero-order valence-electron chi connectivity index (χ0n) is 34.9. The Bertz CT molecular complexity index is 2130. The van der Waals surface area contributed by atoms with Gasteiger partial charge in [-0.2, -0.15) is 23.8 Å². The van der Waals surface area contributed by atoms with Crippen molar-refractivity contribution in [2.24, 2.45) is 11.1 Å². The number of ether oxygens (including phenoxy) is 1. The number of unbranched alkanes of at least 4 members (excludes halogenated alkanes) is 3. The first-order chi connectivity index (χ1) is 29.5. The number of para-hydroxylation sites is 1. The molecule has 5 amide bonds. The van der Waals surface area contributed by atoms with E-state index in [-0.39, 0.29) is 74.3 Å². The third-order valence-corrected chi connectivity index (χ3v) is 11.3. The second-order valence-electron chi connectivity index (χ2n) is 16.8. The molecule has 334 valence electrons. The van der Waals surface area contributed by atoms with Crippen molar-refractivity contribution in [3.63, 3.8) is 0 Å². The van der Waals surface area contributed by atoms with Crippen LogP contribution in [0.1, 0.15) is 117 Å². The van der Waals surface area contributed by atoms with E-state index in [0.29, 0.717) is 50.6 Å². The van der Waals surface area contributed by atoms with Crippen LogP contribution in [0.2, 0.25) is 0 Å². The van der Waals surface area contributed by atoms with Gasteiger partial charge in [0.05, 0.1) is 22.5 Å². The van der Waals surface area contributed by atoms with Gasteiger partial charge in [0.25, 0.3) is 11.8 Å². The van der Waals surface area contributed by atoms with Crippen molar-refractivity contribution < 1.29 is 51.5 Å². The highest BCUT2D eigenvalue weighted by Crippen LogP contribution is 2.42. The van der Waals surface area contributed by atoms with Crippen LogP contribution in [-0.4, -0.2) is 93.6 Å². The molecule has 0 spiro atoms. The minimum Gasteiger partial charge on any atom is -0.446 e. The summed E-state index contributed by atoms with van der Waals surface area (Å²) in [5.74, 6) is -1.86. The fourth-order valence-electron chi connectivity index (χ4n) is 8.08. The van der Waals surface area contributed by atoms with Gasteiger partial charge in [-0.1, -0.05) is 44.9 Å². The molecule has 1 saturated carbocycles. The van der Waals surface area contributed by atoms with Gasteiger partial charge in [-0.3, -0.25) is 19.2 Å². The number of nitrogens with two attached hydrogens (primary N) is 1. The van der Waals surface area contributed by atoms with Crippen molar-refractivity contribution in [2.45, 2.75) is 109 Å². The molecule has 16 nitrogen and oxygen atoms in total. The number of hydrogen-bond acceptors (Lipinski definition) is 10. The van der Waals surface area contributed by atoms with Crippen LogP contribution in [0.15, 0.2) is 48.5 Å². The molecule has 5 N–H and O–H groups in total. The van der Waals surface area contributed by atoms with Crippen LogP contribution in [0.4, 0.5) is 34.1 Å². The summed E-state index contributed by atoms with van der Waals surface area (Å²) >= 11 is 0. The maximum absolute atomic E-state index is 14.1. The number of halogens is 3. The number of rotatable bonds is 13. The highest BCUT2D eigenvalue weighted by atomic mass is 19.4. The topological polar surface area (TPSA) is 207 Å². The van der Waals surface area contributed by atoms with E-state index in [1.807, 2.05) is 44.2 Å². The van der Waals surface area contributed by atoms with E-state index >= 15 is 0 Å². The smallest absolute Gasteiger partial charge is 0.435 e. The lowest BCUT2D eigenvalue weighted by molar-refractivity contribution is -0.141. The molecule has 1 aliphatic heterocycles. The first kappa shape index (κ1) is 45.4. The van der Waals surface area contributed by atoms with Crippen molar-refractivity contribution >= 4 is 47.1 Å². The average molecular weight is 867 g/mol. The molecule has 62 heavy (non-hydrogen) atoms. The largest absolute Gasteiger partial charge is 0.446 e. The Morgan fingerprint density at radius 2 is 1.47 bits per heavy atom. The minimum absolute atomic E-state index is 0.0418. The number of piperazine rings is 1. The SMILES string of the molecule is CC1(C)CC(=O)c2c(C(F)(F)F)nn(-c3ccc(C(N)=O)c(NC4CCC(OC(=O)N5CCN(C(=O)ONC(=O)CCCCCCC(=O)Nc6ccccc6)CC5)CC4)c3)c2C1. The number of nitrogens with zero attached hydrogens (tertiary/aromatic N) is 4. The van der Waals surface area contributed by atoms with Gasteiger partial charge in [0.1, 0.15) is 6.10 Å². The van der Waals surface area contributed by atoms with E-state index in [1.54, 1.807) is 0 Å². The summed E-state index contributed by atoms with van der Waals surface area (Å²) in [6.07, 6.45) is -0.974. The lowest BCUT2D eigenvalue weighted by Crippen LogP contribution is -2.52. The molecule has 2 aromatic carbocycles. The van der Waals surface area contributed by atoms with E-state index in [9.17, 15) is 41.9 Å². The van der Waals surface area contributed by atoms with Crippen LogP contribution in [0, 0.1) is 5.41 Å². The zero-order valence-corrected chi connectivity index (χ0v) is 34.9. The Hall–Kier alpha value is -6.14. The van der Waals surface area contributed by atoms with Crippen LogP contribution >= 0.6 is 0 Å². The fraction of sp³-hybridized carbons (Fsp3) is 0.512. The van der Waals surface area contributed by atoms with Gasteiger partial charge < -0.3 is 35.7 Å². The number of ketones is 1. The van der Waals surface area contributed by atoms with Crippen molar-refractivity contribution in [2.75, 3.05) is 36.8 Å². The molecule has 1 aromatic heterocycles. The van der Waals surface area contributed by atoms with Crippen LogP contribution in [0.25, 0.3) is 5.69 Å². The van der Waals surface area contributed by atoms with Gasteiger partial charge in [-0.25, -0.2) is 14.3 Å². The number of nitrogens with one attached hydrogen (secondary N) is 3. The number of aromatic nitrogens is 2.